The number of nitrogens with one attached hydrogen (secondary N) is 2. The first-order valence-corrected chi connectivity index (χ1v) is 9.88. The molecule has 2 fully saturated rings. The third-order valence-electron chi connectivity index (χ3n) is 5.50. The van der Waals surface area contributed by atoms with Crippen LogP contribution in [0.15, 0.2) is 35.2 Å². The summed E-state index contributed by atoms with van der Waals surface area (Å²) in [6.07, 6.45) is 5.22. The standard InChI is InChI=1S/C20H25N5O3.ClH/c26-19(17-4-1-9-21-17)22-11-14-3-2-10-25(12-14)20(27)16-7-5-15(6-8-16)18-23-13-28-24-18;/h5-8,13-14,17,21H,1-4,9-12H2,(H,22,26);1H. The van der Waals surface area contributed by atoms with Gasteiger partial charge in [-0.2, -0.15) is 4.98 Å². The van der Waals surface area contributed by atoms with Crippen molar-refractivity contribution in [3.8, 4) is 11.4 Å². The van der Waals surface area contributed by atoms with Crippen molar-refractivity contribution in [3.63, 3.8) is 0 Å². The molecule has 1 aromatic carbocycles. The van der Waals surface area contributed by atoms with E-state index in [9.17, 15) is 9.59 Å². The number of likely N-dealkylation sites (tertiary alicyclic amines) is 1. The number of halogens is 1. The average molecular weight is 420 g/mol. The highest BCUT2D eigenvalue weighted by Crippen LogP contribution is 2.20. The molecule has 29 heavy (non-hydrogen) atoms. The van der Waals surface area contributed by atoms with Gasteiger partial charge in [-0.3, -0.25) is 9.59 Å². The van der Waals surface area contributed by atoms with Gasteiger partial charge in [0, 0.05) is 30.8 Å². The van der Waals surface area contributed by atoms with Crippen molar-refractivity contribution >= 4 is 24.2 Å². The quantitative estimate of drug-likeness (QED) is 0.767. The number of benzene rings is 1. The minimum atomic E-state index is -0.0564. The van der Waals surface area contributed by atoms with Gasteiger partial charge in [0.25, 0.3) is 5.91 Å². The summed E-state index contributed by atoms with van der Waals surface area (Å²) in [5.41, 5.74) is 1.46. The Morgan fingerprint density at radius 3 is 2.72 bits per heavy atom. The van der Waals surface area contributed by atoms with Crippen LogP contribution in [-0.2, 0) is 4.79 Å². The molecule has 2 unspecified atom stereocenters. The van der Waals surface area contributed by atoms with E-state index in [1.165, 1.54) is 6.39 Å². The number of carbonyl (C=O) groups is 2. The summed E-state index contributed by atoms with van der Waals surface area (Å²) in [5, 5.41) is 10.1. The zero-order valence-electron chi connectivity index (χ0n) is 16.2. The highest BCUT2D eigenvalue weighted by molar-refractivity contribution is 5.94. The van der Waals surface area contributed by atoms with Crippen LogP contribution in [0.3, 0.4) is 0 Å². The average Bonchev–Trinajstić information content (AvgIpc) is 3.46. The molecular formula is C20H26ClN5O3. The van der Waals surface area contributed by atoms with E-state index in [0.29, 0.717) is 30.4 Å². The second-order valence-electron chi connectivity index (χ2n) is 7.49. The fourth-order valence-electron chi connectivity index (χ4n) is 3.93. The molecule has 2 N–H and O–H groups in total. The number of rotatable bonds is 5. The second-order valence-corrected chi connectivity index (χ2v) is 7.49. The van der Waals surface area contributed by atoms with Gasteiger partial charge >= 0.3 is 0 Å². The molecule has 9 heteroatoms. The summed E-state index contributed by atoms with van der Waals surface area (Å²) in [7, 11) is 0. The van der Waals surface area contributed by atoms with Gasteiger partial charge in [-0.25, -0.2) is 0 Å². The Kier molecular flexibility index (Phi) is 7.22. The molecule has 0 bridgehead atoms. The normalized spacial score (nSPS) is 21.4. The van der Waals surface area contributed by atoms with E-state index in [4.69, 9.17) is 4.52 Å². The fourth-order valence-corrected chi connectivity index (χ4v) is 3.93. The second kappa shape index (κ2) is 9.84. The number of hydrogen-bond donors (Lipinski definition) is 2. The highest BCUT2D eigenvalue weighted by Gasteiger charge is 2.27. The van der Waals surface area contributed by atoms with Crippen molar-refractivity contribution in [2.24, 2.45) is 5.92 Å². The maximum Gasteiger partial charge on any atom is 0.253 e. The van der Waals surface area contributed by atoms with E-state index in [1.807, 2.05) is 17.0 Å². The molecule has 0 spiro atoms. The number of piperidine rings is 1. The Balaban J connectivity index is 0.00000240. The van der Waals surface area contributed by atoms with Crippen LogP contribution in [0.2, 0.25) is 0 Å². The van der Waals surface area contributed by atoms with E-state index in [2.05, 4.69) is 20.8 Å². The minimum Gasteiger partial charge on any atom is -0.354 e. The van der Waals surface area contributed by atoms with E-state index in [1.54, 1.807) is 12.1 Å². The lowest BCUT2D eigenvalue weighted by atomic mass is 9.97. The zero-order chi connectivity index (χ0) is 19.3. The first kappa shape index (κ1) is 21.3. The molecule has 3 heterocycles. The van der Waals surface area contributed by atoms with Gasteiger partial charge in [-0.05, 0) is 50.3 Å². The molecule has 4 rings (SSSR count). The first-order chi connectivity index (χ1) is 13.7. The van der Waals surface area contributed by atoms with Crippen LogP contribution in [0.25, 0.3) is 11.4 Å². The molecule has 1 aromatic heterocycles. The van der Waals surface area contributed by atoms with Crippen LogP contribution in [-0.4, -0.2) is 59.1 Å². The van der Waals surface area contributed by atoms with Gasteiger partial charge in [-0.1, -0.05) is 17.3 Å². The SMILES string of the molecule is Cl.O=C(NCC1CCCN(C(=O)c2ccc(-c3ncon3)cc2)C1)C1CCCN1. The monoisotopic (exact) mass is 419 g/mol. The lowest BCUT2D eigenvalue weighted by Crippen LogP contribution is -2.46. The number of nitrogens with zero attached hydrogens (tertiary/aromatic N) is 3. The summed E-state index contributed by atoms with van der Waals surface area (Å²) in [5.74, 6) is 0.900. The summed E-state index contributed by atoms with van der Waals surface area (Å²) < 4.78 is 4.76. The molecule has 2 aliphatic rings. The Morgan fingerprint density at radius 1 is 1.21 bits per heavy atom. The Bertz CT molecular complexity index is 806. The predicted octanol–water partition coefficient (Wildman–Crippen LogP) is 1.88. The largest absolute Gasteiger partial charge is 0.354 e. The maximum absolute atomic E-state index is 12.9. The molecule has 2 amide bonds. The number of aromatic nitrogens is 2. The fraction of sp³-hybridized carbons (Fsp3) is 0.500. The molecule has 2 aromatic rings. The molecule has 156 valence electrons. The van der Waals surface area contributed by atoms with E-state index in [0.717, 1.165) is 44.3 Å². The van der Waals surface area contributed by atoms with Gasteiger partial charge in [0.15, 0.2) is 0 Å². The smallest absolute Gasteiger partial charge is 0.253 e. The third kappa shape index (κ3) is 5.13. The topological polar surface area (TPSA) is 100 Å². The van der Waals surface area contributed by atoms with Gasteiger partial charge < -0.3 is 20.1 Å². The Labute approximate surface area is 175 Å². The van der Waals surface area contributed by atoms with Crippen molar-refractivity contribution in [3.05, 3.63) is 36.2 Å². The lowest BCUT2D eigenvalue weighted by molar-refractivity contribution is -0.123. The van der Waals surface area contributed by atoms with Crippen molar-refractivity contribution in [2.75, 3.05) is 26.2 Å². The lowest BCUT2D eigenvalue weighted by Gasteiger charge is -2.33. The van der Waals surface area contributed by atoms with Crippen molar-refractivity contribution in [2.45, 2.75) is 31.7 Å². The van der Waals surface area contributed by atoms with E-state index < -0.39 is 0 Å². The Morgan fingerprint density at radius 2 is 2.03 bits per heavy atom. The van der Waals surface area contributed by atoms with Gasteiger partial charge in [0.1, 0.15) is 0 Å². The highest BCUT2D eigenvalue weighted by atomic mass is 35.5. The summed E-state index contributed by atoms with van der Waals surface area (Å²) in [6.45, 7) is 2.96. The Hall–Kier alpha value is -2.45. The van der Waals surface area contributed by atoms with Crippen LogP contribution in [0.1, 0.15) is 36.0 Å². The van der Waals surface area contributed by atoms with Gasteiger partial charge in [0.2, 0.25) is 18.1 Å². The summed E-state index contributed by atoms with van der Waals surface area (Å²) in [6, 6.07) is 7.19. The third-order valence-corrected chi connectivity index (χ3v) is 5.50. The molecule has 0 aliphatic carbocycles. The van der Waals surface area contributed by atoms with E-state index in [-0.39, 0.29) is 30.3 Å². The predicted molar refractivity (Wildman–Crippen MR) is 110 cm³/mol. The number of carbonyl (C=O) groups excluding carboxylic acids is 2. The van der Waals surface area contributed by atoms with Crippen LogP contribution in [0.5, 0.6) is 0 Å². The number of hydrogen-bond acceptors (Lipinski definition) is 6. The van der Waals surface area contributed by atoms with Crippen LogP contribution in [0, 0.1) is 5.92 Å². The summed E-state index contributed by atoms with van der Waals surface area (Å²) in [4.78, 5) is 31.0. The molecule has 0 radical (unpaired) electrons. The molecule has 8 nitrogen and oxygen atoms in total. The summed E-state index contributed by atoms with van der Waals surface area (Å²) >= 11 is 0. The van der Waals surface area contributed by atoms with Crippen LogP contribution in [0.4, 0.5) is 0 Å². The maximum atomic E-state index is 12.9. The minimum absolute atomic E-state index is 0. The molecule has 2 aliphatic heterocycles. The van der Waals surface area contributed by atoms with Crippen molar-refractivity contribution < 1.29 is 14.1 Å². The van der Waals surface area contributed by atoms with Crippen molar-refractivity contribution in [1.29, 1.82) is 0 Å². The van der Waals surface area contributed by atoms with Gasteiger partial charge in [0.05, 0.1) is 6.04 Å². The van der Waals surface area contributed by atoms with Crippen LogP contribution >= 0.6 is 12.4 Å². The van der Waals surface area contributed by atoms with E-state index >= 15 is 0 Å². The molecule has 0 saturated carbocycles. The zero-order valence-corrected chi connectivity index (χ0v) is 17.0. The number of amides is 2. The van der Waals surface area contributed by atoms with Gasteiger partial charge in [-0.15, -0.1) is 12.4 Å². The van der Waals surface area contributed by atoms with Crippen molar-refractivity contribution in [1.82, 2.24) is 25.7 Å². The van der Waals surface area contributed by atoms with Crippen LogP contribution < -0.4 is 10.6 Å². The first-order valence-electron chi connectivity index (χ1n) is 9.88. The molecule has 2 atom stereocenters. The molecule has 2 saturated heterocycles. The molecular weight excluding hydrogens is 394 g/mol.